The number of rotatable bonds is 5. The van der Waals surface area contributed by atoms with Gasteiger partial charge in [-0.2, -0.15) is 0 Å². The van der Waals surface area contributed by atoms with Crippen LogP contribution in [0, 0.1) is 5.41 Å². The minimum absolute atomic E-state index is 0.0931. The van der Waals surface area contributed by atoms with E-state index in [1.54, 1.807) is 30.9 Å². The van der Waals surface area contributed by atoms with Crippen LogP contribution in [0.4, 0.5) is 0 Å². The van der Waals surface area contributed by atoms with Gasteiger partial charge in [-0.05, 0) is 38.0 Å². The molecule has 6 nitrogen and oxygen atoms in total. The summed E-state index contributed by atoms with van der Waals surface area (Å²) in [6, 6.07) is 7.17. The molecule has 0 radical (unpaired) electrons. The highest BCUT2D eigenvalue weighted by atomic mass is 35.5. The van der Waals surface area contributed by atoms with Gasteiger partial charge >= 0.3 is 0 Å². The zero-order valence-corrected chi connectivity index (χ0v) is 17.1. The SMILES string of the molecule is CC(C)(CC(=O)N1CC[C@](O)(c2ccc(Cl)cc2)C(C)(C)C1)NC(=O)CO. The largest absolute Gasteiger partial charge is 0.387 e. The quantitative estimate of drug-likeness (QED) is 0.710. The Morgan fingerprint density at radius 1 is 1.26 bits per heavy atom. The van der Waals surface area contributed by atoms with Crippen LogP contribution in [0.25, 0.3) is 0 Å². The van der Waals surface area contributed by atoms with Crippen LogP contribution in [-0.4, -0.2) is 52.2 Å². The maximum Gasteiger partial charge on any atom is 0.246 e. The van der Waals surface area contributed by atoms with Crippen LogP contribution in [0.5, 0.6) is 0 Å². The first-order valence-corrected chi connectivity index (χ1v) is 9.46. The van der Waals surface area contributed by atoms with Crippen molar-refractivity contribution in [3.63, 3.8) is 0 Å². The molecule has 2 rings (SSSR count). The van der Waals surface area contributed by atoms with Gasteiger partial charge in [0.25, 0.3) is 0 Å². The number of nitrogens with one attached hydrogen (secondary N) is 1. The fourth-order valence-electron chi connectivity index (χ4n) is 3.75. The number of amides is 2. The van der Waals surface area contributed by atoms with E-state index < -0.39 is 29.1 Å². The van der Waals surface area contributed by atoms with Crippen LogP contribution in [0.15, 0.2) is 24.3 Å². The number of carbonyl (C=O) groups excluding carboxylic acids is 2. The Bertz CT molecular complexity index is 702. The first kappa shape index (κ1) is 21.7. The summed E-state index contributed by atoms with van der Waals surface area (Å²) >= 11 is 5.96. The number of hydrogen-bond acceptors (Lipinski definition) is 4. The minimum atomic E-state index is -1.06. The first-order chi connectivity index (χ1) is 12.4. The number of likely N-dealkylation sites (tertiary alicyclic amines) is 1. The molecule has 1 aliphatic rings. The van der Waals surface area contributed by atoms with E-state index in [2.05, 4.69) is 5.32 Å². The molecule has 1 atom stereocenters. The lowest BCUT2D eigenvalue weighted by Gasteiger charge is -2.51. The maximum atomic E-state index is 12.8. The summed E-state index contributed by atoms with van der Waals surface area (Å²) in [5.41, 5.74) is -1.59. The zero-order chi connectivity index (χ0) is 20.5. The first-order valence-electron chi connectivity index (χ1n) is 9.08. The highest BCUT2D eigenvalue weighted by molar-refractivity contribution is 6.30. The normalized spacial score (nSPS) is 22.4. The number of carbonyl (C=O) groups is 2. The molecule has 27 heavy (non-hydrogen) atoms. The Labute approximate surface area is 165 Å². The van der Waals surface area contributed by atoms with Crippen LogP contribution >= 0.6 is 11.6 Å². The number of hydrogen-bond donors (Lipinski definition) is 3. The maximum absolute atomic E-state index is 12.8. The summed E-state index contributed by atoms with van der Waals surface area (Å²) < 4.78 is 0. The highest BCUT2D eigenvalue weighted by Gasteiger charge is 2.49. The molecule has 0 spiro atoms. The molecule has 0 saturated carbocycles. The Kier molecular flexibility index (Phi) is 6.24. The Morgan fingerprint density at radius 2 is 1.85 bits per heavy atom. The van der Waals surface area contributed by atoms with Crippen molar-refractivity contribution < 1.29 is 19.8 Å². The van der Waals surface area contributed by atoms with Gasteiger partial charge in [0.2, 0.25) is 11.8 Å². The van der Waals surface area contributed by atoms with Crippen LogP contribution in [0.1, 0.15) is 46.1 Å². The van der Waals surface area contributed by atoms with E-state index in [0.29, 0.717) is 24.5 Å². The van der Waals surface area contributed by atoms with E-state index in [0.717, 1.165) is 5.56 Å². The Morgan fingerprint density at radius 3 is 2.37 bits per heavy atom. The van der Waals surface area contributed by atoms with Gasteiger partial charge in [-0.3, -0.25) is 9.59 Å². The smallest absolute Gasteiger partial charge is 0.246 e. The van der Waals surface area contributed by atoms with Gasteiger partial charge in [0.05, 0.1) is 5.60 Å². The van der Waals surface area contributed by atoms with Crippen LogP contribution < -0.4 is 5.32 Å². The molecule has 0 unspecified atom stereocenters. The number of halogens is 1. The van der Waals surface area contributed by atoms with Crippen LogP contribution in [0.2, 0.25) is 5.02 Å². The van der Waals surface area contributed by atoms with Crippen molar-refractivity contribution in [1.29, 1.82) is 0 Å². The van der Waals surface area contributed by atoms with Crippen molar-refractivity contribution in [3.8, 4) is 0 Å². The number of aliphatic hydroxyl groups excluding tert-OH is 1. The fourth-order valence-corrected chi connectivity index (χ4v) is 3.87. The summed E-state index contributed by atoms with van der Waals surface area (Å²) in [6.45, 7) is 7.59. The van der Waals surface area contributed by atoms with Gasteiger partial charge in [-0.25, -0.2) is 0 Å². The standard InChI is InChI=1S/C20H29ClN2O4/c1-18(2)13-23(17(26)11-19(3,4)22-16(25)12-24)10-9-20(18,27)14-5-7-15(21)8-6-14/h5-8,24,27H,9-13H2,1-4H3,(H,22,25)/t20-/m0/s1. The van der Waals surface area contributed by atoms with Gasteiger partial charge in [0, 0.05) is 35.5 Å². The fraction of sp³-hybridized carbons (Fsp3) is 0.600. The predicted molar refractivity (Wildman–Crippen MR) is 104 cm³/mol. The Balaban J connectivity index is 2.11. The number of benzene rings is 1. The summed E-state index contributed by atoms with van der Waals surface area (Å²) in [6.07, 6.45) is 0.533. The van der Waals surface area contributed by atoms with Crippen molar-refractivity contribution in [2.24, 2.45) is 5.41 Å². The molecule has 1 aromatic carbocycles. The van der Waals surface area contributed by atoms with Gasteiger partial charge < -0.3 is 20.4 Å². The molecule has 1 aromatic rings. The van der Waals surface area contributed by atoms with Gasteiger partial charge in [-0.1, -0.05) is 37.6 Å². The molecule has 1 fully saturated rings. The molecule has 0 aromatic heterocycles. The summed E-state index contributed by atoms with van der Waals surface area (Å²) in [7, 11) is 0. The molecule has 7 heteroatoms. The number of aliphatic hydroxyl groups is 2. The van der Waals surface area contributed by atoms with Gasteiger partial charge in [0.15, 0.2) is 0 Å². The second kappa shape index (κ2) is 7.78. The second-order valence-electron chi connectivity index (χ2n) is 8.58. The lowest BCUT2D eigenvalue weighted by atomic mass is 9.66. The predicted octanol–water partition coefficient (Wildman–Crippen LogP) is 2.06. The lowest BCUT2D eigenvalue weighted by molar-refractivity contribution is -0.154. The van der Waals surface area contributed by atoms with Gasteiger partial charge in [-0.15, -0.1) is 0 Å². The monoisotopic (exact) mass is 396 g/mol. The molecular formula is C20H29ClN2O4. The third-order valence-electron chi connectivity index (χ3n) is 5.34. The van der Waals surface area contributed by atoms with Crippen molar-refractivity contribution in [1.82, 2.24) is 10.2 Å². The average Bonchev–Trinajstić information content (AvgIpc) is 2.56. The molecule has 1 saturated heterocycles. The van der Waals surface area contributed by atoms with Crippen molar-refractivity contribution in [3.05, 3.63) is 34.9 Å². The molecule has 1 heterocycles. The van der Waals surface area contributed by atoms with E-state index >= 15 is 0 Å². The van der Waals surface area contributed by atoms with Gasteiger partial charge in [0.1, 0.15) is 6.61 Å². The van der Waals surface area contributed by atoms with E-state index in [9.17, 15) is 14.7 Å². The van der Waals surface area contributed by atoms with Crippen LogP contribution in [0.3, 0.4) is 0 Å². The average molecular weight is 397 g/mol. The third-order valence-corrected chi connectivity index (χ3v) is 5.59. The van der Waals surface area contributed by atoms with Crippen LogP contribution in [-0.2, 0) is 15.2 Å². The summed E-state index contributed by atoms with van der Waals surface area (Å²) in [4.78, 5) is 25.9. The lowest BCUT2D eigenvalue weighted by Crippen LogP contribution is -2.58. The molecule has 150 valence electrons. The number of nitrogens with zero attached hydrogens (tertiary/aromatic N) is 1. The van der Waals surface area contributed by atoms with E-state index in [1.165, 1.54) is 0 Å². The van der Waals surface area contributed by atoms with E-state index in [-0.39, 0.29) is 12.3 Å². The van der Waals surface area contributed by atoms with Crippen molar-refractivity contribution >= 4 is 23.4 Å². The molecule has 3 N–H and O–H groups in total. The molecular weight excluding hydrogens is 368 g/mol. The highest BCUT2D eigenvalue weighted by Crippen LogP contribution is 2.46. The van der Waals surface area contributed by atoms with E-state index in [1.807, 2.05) is 26.0 Å². The van der Waals surface area contributed by atoms with Crippen molar-refractivity contribution in [2.45, 2.75) is 51.7 Å². The minimum Gasteiger partial charge on any atom is -0.387 e. The Hall–Kier alpha value is -1.63. The second-order valence-corrected chi connectivity index (χ2v) is 9.02. The molecule has 1 aliphatic heterocycles. The molecule has 0 bridgehead atoms. The summed E-state index contributed by atoms with van der Waals surface area (Å²) in [5.74, 6) is -0.603. The molecule has 2 amide bonds. The van der Waals surface area contributed by atoms with E-state index in [4.69, 9.17) is 16.7 Å². The summed E-state index contributed by atoms with van der Waals surface area (Å²) in [5, 5.41) is 23.5. The molecule has 0 aliphatic carbocycles. The third kappa shape index (κ3) is 4.81. The number of piperidine rings is 1. The zero-order valence-electron chi connectivity index (χ0n) is 16.4. The van der Waals surface area contributed by atoms with Crippen molar-refractivity contribution in [2.75, 3.05) is 19.7 Å². The topological polar surface area (TPSA) is 89.9 Å².